The van der Waals surface area contributed by atoms with E-state index in [-0.39, 0.29) is 11.2 Å². The van der Waals surface area contributed by atoms with Crippen LogP contribution in [0.4, 0.5) is 10.2 Å². The number of hydrogen-bond donors (Lipinski definition) is 2. The summed E-state index contributed by atoms with van der Waals surface area (Å²) in [5.41, 5.74) is 4.55. The predicted molar refractivity (Wildman–Crippen MR) is 143 cm³/mol. The second kappa shape index (κ2) is 8.68. The van der Waals surface area contributed by atoms with Crippen LogP contribution >= 0.6 is 0 Å². The number of benzene rings is 1. The van der Waals surface area contributed by atoms with Crippen LogP contribution in [0.25, 0.3) is 33.7 Å². The van der Waals surface area contributed by atoms with Gasteiger partial charge in [0.15, 0.2) is 5.82 Å². The third-order valence-corrected chi connectivity index (χ3v) is 8.42. The maximum atomic E-state index is 14.1. The number of aromatic amines is 1. The van der Waals surface area contributed by atoms with E-state index < -0.39 is 0 Å². The summed E-state index contributed by atoms with van der Waals surface area (Å²) < 4.78 is 14.1. The lowest BCUT2D eigenvalue weighted by atomic mass is 9.62. The van der Waals surface area contributed by atoms with Crippen LogP contribution in [-0.2, 0) is 5.41 Å². The fourth-order valence-electron chi connectivity index (χ4n) is 6.48. The average molecular weight is 484 g/mol. The monoisotopic (exact) mass is 483 g/mol. The normalized spacial score (nSPS) is 23.8. The number of fused-ring (bicyclic) bond motifs is 4. The number of H-pyrrole nitrogens is 1. The lowest BCUT2D eigenvalue weighted by molar-refractivity contribution is 0.0928. The van der Waals surface area contributed by atoms with E-state index in [9.17, 15) is 4.39 Å². The van der Waals surface area contributed by atoms with E-state index in [2.05, 4.69) is 73.3 Å². The molecule has 3 fully saturated rings. The van der Waals surface area contributed by atoms with Gasteiger partial charge in [0.05, 0.1) is 11.9 Å². The van der Waals surface area contributed by atoms with E-state index in [0.717, 1.165) is 28.6 Å². The molecule has 0 radical (unpaired) electrons. The first-order valence-corrected chi connectivity index (χ1v) is 13.2. The first kappa shape index (κ1) is 23.1. The molecule has 4 aromatic rings. The van der Waals surface area contributed by atoms with Crippen LogP contribution in [0.3, 0.4) is 0 Å². The summed E-state index contributed by atoms with van der Waals surface area (Å²) in [6, 6.07) is 12.5. The van der Waals surface area contributed by atoms with Crippen LogP contribution in [0.5, 0.6) is 0 Å². The topological polar surface area (TPSA) is 66.5 Å². The Balaban J connectivity index is 1.50. The third kappa shape index (κ3) is 4.06. The molecule has 3 aromatic heterocycles. The second-order valence-corrected chi connectivity index (χ2v) is 11.7. The summed E-state index contributed by atoms with van der Waals surface area (Å²) in [7, 11) is 0. The lowest BCUT2D eigenvalue weighted by Gasteiger charge is -2.47. The number of nitrogens with one attached hydrogen (secondary N) is 2. The Kier molecular flexibility index (Phi) is 5.58. The fraction of sp³-hybridized carbons (Fsp3) is 0.433. The van der Waals surface area contributed by atoms with Crippen LogP contribution in [0, 0.1) is 23.6 Å². The Bertz CT molecular complexity index is 1410. The molecule has 1 aromatic carbocycles. The zero-order valence-corrected chi connectivity index (χ0v) is 21.5. The molecule has 5 nitrogen and oxygen atoms in total. The SMILES string of the molecule is CC1C2CCC(CC2)C1Nc1cc(-c2ccccc2C(C)(C)C)nc(-c2c[nH]c3ncc(F)cc23)n1. The molecule has 36 heavy (non-hydrogen) atoms. The van der Waals surface area contributed by atoms with Crippen LogP contribution in [0.2, 0.25) is 0 Å². The second-order valence-electron chi connectivity index (χ2n) is 11.7. The zero-order chi connectivity index (χ0) is 25.0. The van der Waals surface area contributed by atoms with Gasteiger partial charge in [-0.25, -0.2) is 19.3 Å². The highest BCUT2D eigenvalue weighted by molar-refractivity contribution is 5.92. The van der Waals surface area contributed by atoms with Crippen molar-refractivity contribution in [2.75, 3.05) is 5.32 Å². The molecular formula is C30H34FN5. The first-order valence-electron chi connectivity index (χ1n) is 13.2. The number of anilines is 1. The van der Waals surface area contributed by atoms with E-state index >= 15 is 0 Å². The molecule has 2 N–H and O–H groups in total. The minimum atomic E-state index is -0.372. The van der Waals surface area contributed by atoms with Gasteiger partial charge >= 0.3 is 0 Å². The smallest absolute Gasteiger partial charge is 0.164 e. The van der Waals surface area contributed by atoms with Crippen molar-refractivity contribution < 1.29 is 4.39 Å². The zero-order valence-electron chi connectivity index (χ0n) is 21.5. The number of rotatable bonds is 4. The molecule has 3 aliphatic carbocycles. The highest BCUT2D eigenvalue weighted by atomic mass is 19.1. The largest absolute Gasteiger partial charge is 0.367 e. The van der Waals surface area contributed by atoms with Crippen molar-refractivity contribution in [3.63, 3.8) is 0 Å². The molecule has 2 atom stereocenters. The number of nitrogens with zero attached hydrogens (tertiary/aromatic N) is 3. The van der Waals surface area contributed by atoms with E-state index in [1.54, 1.807) is 0 Å². The Morgan fingerprint density at radius 2 is 1.72 bits per heavy atom. The Morgan fingerprint density at radius 3 is 2.47 bits per heavy atom. The molecule has 0 aliphatic heterocycles. The molecule has 0 spiro atoms. The minimum absolute atomic E-state index is 0.0415. The fourth-order valence-corrected chi connectivity index (χ4v) is 6.48. The molecule has 3 heterocycles. The van der Waals surface area contributed by atoms with Crippen molar-refractivity contribution in [2.24, 2.45) is 17.8 Å². The summed E-state index contributed by atoms with van der Waals surface area (Å²) in [5, 5.41) is 4.53. The highest BCUT2D eigenvalue weighted by Crippen LogP contribution is 2.46. The van der Waals surface area contributed by atoms with Gasteiger partial charge in [-0.05, 0) is 60.5 Å². The number of aromatic nitrogens is 4. The van der Waals surface area contributed by atoms with Crippen molar-refractivity contribution >= 4 is 16.9 Å². The van der Waals surface area contributed by atoms with Crippen molar-refractivity contribution in [3.8, 4) is 22.6 Å². The van der Waals surface area contributed by atoms with Gasteiger partial charge in [-0.3, -0.25) is 0 Å². The molecule has 0 amide bonds. The summed E-state index contributed by atoms with van der Waals surface area (Å²) in [6.07, 6.45) is 8.33. The van der Waals surface area contributed by atoms with Gasteiger partial charge in [-0.2, -0.15) is 0 Å². The van der Waals surface area contributed by atoms with E-state index in [1.807, 2.05) is 6.20 Å². The maximum absolute atomic E-state index is 14.1. The number of hydrogen-bond acceptors (Lipinski definition) is 4. The molecule has 3 aliphatic rings. The molecule has 186 valence electrons. The van der Waals surface area contributed by atoms with Crippen molar-refractivity contribution in [1.29, 1.82) is 0 Å². The quantitative estimate of drug-likeness (QED) is 0.318. The van der Waals surface area contributed by atoms with Gasteiger partial charge in [-0.1, -0.05) is 52.0 Å². The molecule has 7 rings (SSSR count). The third-order valence-electron chi connectivity index (χ3n) is 8.42. The van der Waals surface area contributed by atoms with Crippen molar-refractivity contribution in [3.05, 3.63) is 60.2 Å². The molecule has 2 bridgehead atoms. The summed E-state index contributed by atoms with van der Waals surface area (Å²) in [6.45, 7) is 9.06. The van der Waals surface area contributed by atoms with Gasteiger partial charge in [0.1, 0.15) is 17.3 Å². The average Bonchev–Trinajstić information content (AvgIpc) is 3.29. The van der Waals surface area contributed by atoms with Gasteiger partial charge in [0.25, 0.3) is 0 Å². The van der Waals surface area contributed by atoms with E-state index in [1.165, 1.54) is 43.5 Å². The summed E-state index contributed by atoms with van der Waals surface area (Å²) >= 11 is 0. The van der Waals surface area contributed by atoms with Gasteiger partial charge in [0, 0.05) is 34.8 Å². The number of halogens is 1. The van der Waals surface area contributed by atoms with Crippen LogP contribution in [0.15, 0.2) is 48.8 Å². The first-order chi connectivity index (χ1) is 17.3. The molecule has 2 unspecified atom stereocenters. The van der Waals surface area contributed by atoms with E-state index in [4.69, 9.17) is 9.97 Å². The molecule has 6 heteroatoms. The molecule has 0 saturated heterocycles. The van der Waals surface area contributed by atoms with E-state index in [0.29, 0.717) is 34.7 Å². The molecule has 3 saturated carbocycles. The van der Waals surface area contributed by atoms with Gasteiger partial charge < -0.3 is 10.3 Å². The van der Waals surface area contributed by atoms with Crippen molar-refractivity contribution in [2.45, 2.75) is 64.8 Å². The molecular weight excluding hydrogens is 449 g/mol. The summed E-state index contributed by atoms with van der Waals surface area (Å²) in [4.78, 5) is 17.4. The van der Waals surface area contributed by atoms with Gasteiger partial charge in [0.2, 0.25) is 0 Å². The maximum Gasteiger partial charge on any atom is 0.164 e. The highest BCUT2D eigenvalue weighted by Gasteiger charge is 2.41. The lowest BCUT2D eigenvalue weighted by Crippen LogP contribution is -2.47. The Morgan fingerprint density at radius 1 is 0.972 bits per heavy atom. The van der Waals surface area contributed by atoms with Gasteiger partial charge in [-0.15, -0.1) is 0 Å². The van der Waals surface area contributed by atoms with Crippen LogP contribution in [0.1, 0.15) is 58.9 Å². The Hall–Kier alpha value is -3.28. The minimum Gasteiger partial charge on any atom is -0.367 e. The predicted octanol–water partition coefficient (Wildman–Crippen LogP) is 7.36. The Labute approximate surface area is 212 Å². The number of pyridine rings is 1. The summed E-state index contributed by atoms with van der Waals surface area (Å²) in [5.74, 6) is 3.13. The standard InChI is InChI=1S/C30H34FN5/c1-17-18-9-11-19(12-10-18)27(17)35-26-14-25(21-7-5-6-8-24(21)30(2,3)4)34-29(36-26)23-16-33-28-22(23)13-20(31)15-32-28/h5-8,13-19,27H,9-12H2,1-4H3,(H,32,33)(H,34,35,36). The van der Waals surface area contributed by atoms with Crippen LogP contribution < -0.4 is 5.32 Å². The van der Waals surface area contributed by atoms with Crippen LogP contribution in [-0.4, -0.2) is 26.0 Å². The van der Waals surface area contributed by atoms with Crippen molar-refractivity contribution in [1.82, 2.24) is 19.9 Å².